The number of benzene rings is 1. The van der Waals surface area contributed by atoms with Crippen molar-refractivity contribution >= 4 is 11.8 Å². The number of amides is 2. The van der Waals surface area contributed by atoms with Crippen LogP contribution in [0.5, 0.6) is 5.75 Å². The number of ether oxygens (including phenoxy) is 1. The molecule has 0 atom stereocenters. The highest BCUT2D eigenvalue weighted by Crippen LogP contribution is 2.13. The van der Waals surface area contributed by atoms with E-state index in [2.05, 4.69) is 10.2 Å². The summed E-state index contributed by atoms with van der Waals surface area (Å²) in [6.07, 6.45) is 1.46. The van der Waals surface area contributed by atoms with E-state index in [1.807, 2.05) is 4.90 Å². The molecule has 1 saturated heterocycles. The van der Waals surface area contributed by atoms with Gasteiger partial charge in [-0.15, -0.1) is 0 Å². The molecule has 2 amide bonds. The average molecular weight is 386 g/mol. The fraction of sp³-hybridized carbons (Fsp3) is 0.400. The molecule has 0 bridgehead atoms. The van der Waals surface area contributed by atoms with Gasteiger partial charge in [-0.1, -0.05) is 0 Å². The van der Waals surface area contributed by atoms with E-state index in [4.69, 9.17) is 14.9 Å². The van der Waals surface area contributed by atoms with E-state index in [1.54, 1.807) is 37.4 Å². The van der Waals surface area contributed by atoms with Crippen LogP contribution in [0.3, 0.4) is 0 Å². The second-order valence-corrected chi connectivity index (χ2v) is 6.62. The second-order valence-electron chi connectivity index (χ2n) is 6.62. The maximum atomic E-state index is 12.5. The van der Waals surface area contributed by atoms with Crippen LogP contribution >= 0.6 is 0 Å². The zero-order valence-electron chi connectivity index (χ0n) is 16.0. The Morgan fingerprint density at radius 3 is 2.46 bits per heavy atom. The van der Waals surface area contributed by atoms with Crippen molar-refractivity contribution in [2.75, 3.05) is 46.4 Å². The number of hydrogen-bond acceptors (Lipinski definition) is 6. The topological polar surface area (TPSA) is 101 Å². The first-order valence-electron chi connectivity index (χ1n) is 9.32. The van der Waals surface area contributed by atoms with E-state index in [1.165, 1.54) is 6.26 Å². The molecule has 1 aliphatic heterocycles. The number of rotatable bonds is 7. The van der Waals surface area contributed by atoms with Gasteiger partial charge in [-0.05, 0) is 30.3 Å². The first kappa shape index (κ1) is 19.9. The Balaban J connectivity index is 1.39. The summed E-state index contributed by atoms with van der Waals surface area (Å²) in [7, 11) is 1.59. The van der Waals surface area contributed by atoms with E-state index in [-0.39, 0.29) is 18.4 Å². The Hall–Kier alpha value is -2.84. The molecule has 1 aliphatic rings. The van der Waals surface area contributed by atoms with Gasteiger partial charge in [0, 0.05) is 44.8 Å². The molecule has 0 radical (unpaired) electrons. The van der Waals surface area contributed by atoms with Gasteiger partial charge >= 0.3 is 0 Å². The summed E-state index contributed by atoms with van der Waals surface area (Å²) in [5, 5.41) is 2.93. The van der Waals surface area contributed by atoms with Gasteiger partial charge in [0.05, 0.1) is 19.2 Å². The molecule has 0 saturated carbocycles. The van der Waals surface area contributed by atoms with Crippen LogP contribution in [-0.4, -0.2) is 68.0 Å². The molecule has 1 aromatic carbocycles. The molecule has 0 aliphatic carbocycles. The van der Waals surface area contributed by atoms with Gasteiger partial charge in [0.15, 0.2) is 0 Å². The molecule has 2 heterocycles. The van der Waals surface area contributed by atoms with Gasteiger partial charge in [-0.2, -0.15) is 0 Å². The quantitative estimate of drug-likeness (QED) is 0.734. The predicted molar refractivity (Wildman–Crippen MR) is 104 cm³/mol. The van der Waals surface area contributed by atoms with Crippen molar-refractivity contribution in [1.29, 1.82) is 0 Å². The summed E-state index contributed by atoms with van der Waals surface area (Å²) in [5.41, 5.74) is 6.66. The average Bonchev–Trinajstić information content (AvgIpc) is 3.23. The number of furan rings is 1. The molecular formula is C20H26N4O4. The zero-order valence-corrected chi connectivity index (χ0v) is 16.0. The molecule has 1 fully saturated rings. The summed E-state index contributed by atoms with van der Waals surface area (Å²) in [4.78, 5) is 28.7. The minimum Gasteiger partial charge on any atom is -0.497 e. The first-order chi connectivity index (χ1) is 13.6. The Morgan fingerprint density at radius 2 is 1.86 bits per heavy atom. The third-order valence-electron chi connectivity index (χ3n) is 4.83. The molecule has 1 aromatic heterocycles. The number of nitrogens with one attached hydrogen (secondary N) is 1. The largest absolute Gasteiger partial charge is 0.497 e. The van der Waals surface area contributed by atoms with Gasteiger partial charge in [0.1, 0.15) is 17.8 Å². The lowest BCUT2D eigenvalue weighted by molar-refractivity contribution is 0.0637. The summed E-state index contributed by atoms with van der Waals surface area (Å²) >= 11 is 0. The third kappa shape index (κ3) is 4.90. The molecule has 0 spiro atoms. The number of methoxy groups -OCH3 is 1. The van der Waals surface area contributed by atoms with Gasteiger partial charge < -0.3 is 25.1 Å². The van der Waals surface area contributed by atoms with E-state index in [0.717, 1.165) is 25.4 Å². The van der Waals surface area contributed by atoms with E-state index >= 15 is 0 Å². The Bertz CT molecular complexity index is 795. The van der Waals surface area contributed by atoms with Crippen LogP contribution in [0.15, 0.2) is 41.0 Å². The number of piperazine rings is 1. The van der Waals surface area contributed by atoms with Crippen molar-refractivity contribution < 1.29 is 18.7 Å². The number of hydrogen-bond donors (Lipinski definition) is 2. The van der Waals surface area contributed by atoms with Crippen LogP contribution in [0, 0.1) is 0 Å². The minimum atomic E-state index is -0.105. The maximum Gasteiger partial charge on any atom is 0.257 e. The third-order valence-corrected chi connectivity index (χ3v) is 4.83. The van der Waals surface area contributed by atoms with Crippen LogP contribution in [0.4, 0.5) is 0 Å². The lowest BCUT2D eigenvalue weighted by atomic mass is 10.2. The predicted octanol–water partition coefficient (Wildman–Crippen LogP) is 0.935. The number of nitrogens with two attached hydrogens (primary N) is 1. The van der Waals surface area contributed by atoms with Crippen molar-refractivity contribution in [2.24, 2.45) is 5.73 Å². The monoisotopic (exact) mass is 386 g/mol. The smallest absolute Gasteiger partial charge is 0.257 e. The van der Waals surface area contributed by atoms with Crippen molar-refractivity contribution in [2.45, 2.75) is 6.54 Å². The van der Waals surface area contributed by atoms with Gasteiger partial charge in [0.2, 0.25) is 0 Å². The van der Waals surface area contributed by atoms with E-state index in [0.29, 0.717) is 36.5 Å². The Morgan fingerprint density at radius 1 is 1.14 bits per heavy atom. The molecule has 0 unspecified atom stereocenters. The Labute approximate surface area is 164 Å². The van der Waals surface area contributed by atoms with Crippen LogP contribution in [0.2, 0.25) is 0 Å². The number of nitrogens with zero attached hydrogens (tertiary/aromatic N) is 2. The van der Waals surface area contributed by atoms with Gasteiger partial charge in [0.25, 0.3) is 11.8 Å². The van der Waals surface area contributed by atoms with Crippen LogP contribution in [-0.2, 0) is 6.54 Å². The fourth-order valence-electron chi connectivity index (χ4n) is 3.13. The molecule has 8 nitrogen and oxygen atoms in total. The molecule has 8 heteroatoms. The number of carbonyl (C=O) groups is 2. The zero-order chi connectivity index (χ0) is 19.9. The molecular weight excluding hydrogens is 360 g/mol. The van der Waals surface area contributed by atoms with Crippen LogP contribution < -0.4 is 15.8 Å². The van der Waals surface area contributed by atoms with Crippen molar-refractivity contribution in [3.63, 3.8) is 0 Å². The summed E-state index contributed by atoms with van der Waals surface area (Å²) in [6, 6.07) is 8.71. The lowest BCUT2D eigenvalue weighted by Crippen LogP contribution is -2.50. The maximum absolute atomic E-state index is 12.5. The van der Waals surface area contributed by atoms with E-state index in [9.17, 15) is 9.59 Å². The molecule has 28 heavy (non-hydrogen) atoms. The normalized spacial score (nSPS) is 14.7. The summed E-state index contributed by atoms with van der Waals surface area (Å²) < 4.78 is 10.3. The molecule has 2 aromatic rings. The summed E-state index contributed by atoms with van der Waals surface area (Å²) in [5.74, 6) is 1.19. The standard InChI is InChI=1S/C20H26N4O4/c1-27-17-4-2-15(3-5-17)19(25)22-6-7-23-8-10-24(11-9-23)20(26)16-12-18(13-21)28-14-16/h2-5,12,14H,6-11,13,21H2,1H3,(H,22,25). The Kier molecular flexibility index (Phi) is 6.67. The molecule has 150 valence electrons. The van der Waals surface area contributed by atoms with Crippen molar-refractivity contribution in [3.05, 3.63) is 53.5 Å². The fourth-order valence-corrected chi connectivity index (χ4v) is 3.13. The minimum absolute atomic E-state index is 0.0316. The van der Waals surface area contributed by atoms with Gasteiger partial charge in [-0.25, -0.2) is 0 Å². The van der Waals surface area contributed by atoms with Gasteiger partial charge in [-0.3, -0.25) is 14.5 Å². The highest BCUT2D eigenvalue weighted by Gasteiger charge is 2.23. The lowest BCUT2D eigenvalue weighted by Gasteiger charge is -2.34. The molecule has 3 N–H and O–H groups in total. The van der Waals surface area contributed by atoms with Crippen LogP contribution in [0.1, 0.15) is 26.5 Å². The summed E-state index contributed by atoms with van der Waals surface area (Å²) in [6.45, 7) is 4.41. The van der Waals surface area contributed by atoms with Crippen LogP contribution in [0.25, 0.3) is 0 Å². The van der Waals surface area contributed by atoms with Crippen molar-refractivity contribution in [1.82, 2.24) is 15.1 Å². The highest BCUT2D eigenvalue weighted by molar-refractivity contribution is 5.94. The van der Waals surface area contributed by atoms with E-state index < -0.39 is 0 Å². The molecule has 3 rings (SSSR count). The second kappa shape index (κ2) is 9.38. The number of carbonyl (C=O) groups excluding carboxylic acids is 2. The van der Waals surface area contributed by atoms with Crippen molar-refractivity contribution in [3.8, 4) is 5.75 Å². The first-order valence-corrected chi connectivity index (χ1v) is 9.32. The highest BCUT2D eigenvalue weighted by atomic mass is 16.5. The SMILES string of the molecule is COc1ccc(C(=O)NCCN2CCN(C(=O)c3coc(CN)c3)CC2)cc1.